The topological polar surface area (TPSA) is 49.6 Å². The number of rotatable bonds is 4. The Bertz CT molecular complexity index is 147. The highest BCUT2D eigenvalue weighted by molar-refractivity contribution is 5.72. The van der Waals surface area contributed by atoms with Gasteiger partial charge in [0.05, 0.1) is 6.17 Å². The summed E-state index contributed by atoms with van der Waals surface area (Å²) in [7, 11) is 3.89. The van der Waals surface area contributed by atoms with Crippen molar-refractivity contribution in [2.45, 2.75) is 26.4 Å². The third-order valence-corrected chi connectivity index (χ3v) is 1.94. The third-order valence-electron chi connectivity index (χ3n) is 1.94. The van der Waals surface area contributed by atoms with Crippen LogP contribution in [-0.2, 0) is 0 Å². The van der Waals surface area contributed by atoms with E-state index in [1.54, 1.807) is 4.90 Å². The lowest BCUT2D eigenvalue weighted by Gasteiger charge is -2.33. The van der Waals surface area contributed by atoms with Crippen LogP contribution in [0.15, 0.2) is 0 Å². The van der Waals surface area contributed by atoms with Crippen LogP contribution in [0.3, 0.4) is 0 Å². The van der Waals surface area contributed by atoms with E-state index in [9.17, 15) is 4.79 Å². The fraction of sp³-hybridized carbons (Fsp3) is 0.875. The molecule has 0 heterocycles. The van der Waals surface area contributed by atoms with Crippen molar-refractivity contribution in [3.63, 3.8) is 0 Å². The van der Waals surface area contributed by atoms with E-state index in [-0.39, 0.29) is 12.2 Å². The molecule has 72 valence electrons. The van der Waals surface area contributed by atoms with E-state index in [2.05, 4.69) is 0 Å². The maximum atomic E-state index is 11.0. The summed E-state index contributed by atoms with van der Waals surface area (Å²) in [6, 6.07) is -0.349. The summed E-state index contributed by atoms with van der Waals surface area (Å²) in [5, 5.41) is 0. The first-order chi connectivity index (χ1) is 5.54. The van der Waals surface area contributed by atoms with Gasteiger partial charge in [0.2, 0.25) is 0 Å². The minimum Gasteiger partial charge on any atom is -0.351 e. The molecule has 0 saturated carbocycles. The number of hydrogen-bond donors (Lipinski definition) is 1. The number of amides is 2. The van der Waals surface area contributed by atoms with Gasteiger partial charge in [0.15, 0.2) is 0 Å². The molecule has 2 N–H and O–H groups in total. The molecule has 0 rings (SSSR count). The van der Waals surface area contributed by atoms with Gasteiger partial charge in [-0.05, 0) is 27.4 Å². The van der Waals surface area contributed by atoms with E-state index in [1.165, 1.54) is 0 Å². The minimum absolute atomic E-state index is 0.118. The van der Waals surface area contributed by atoms with Gasteiger partial charge in [-0.2, -0.15) is 0 Å². The Morgan fingerprint density at radius 3 is 2.00 bits per heavy atom. The normalized spacial score (nSPS) is 13.1. The van der Waals surface area contributed by atoms with Gasteiger partial charge in [-0.25, -0.2) is 4.79 Å². The highest BCUT2D eigenvalue weighted by Crippen LogP contribution is 2.05. The lowest BCUT2D eigenvalue weighted by atomic mass is 10.3. The number of primary amides is 1. The van der Waals surface area contributed by atoms with Crippen LogP contribution in [0.1, 0.15) is 20.3 Å². The van der Waals surface area contributed by atoms with Crippen LogP contribution in [0.2, 0.25) is 0 Å². The summed E-state index contributed by atoms with van der Waals surface area (Å²) >= 11 is 0. The van der Waals surface area contributed by atoms with Crippen molar-refractivity contribution in [1.82, 2.24) is 9.80 Å². The monoisotopic (exact) mass is 173 g/mol. The van der Waals surface area contributed by atoms with Crippen molar-refractivity contribution >= 4 is 6.03 Å². The van der Waals surface area contributed by atoms with Gasteiger partial charge in [-0.15, -0.1) is 0 Å². The molecular weight excluding hydrogens is 154 g/mol. The quantitative estimate of drug-likeness (QED) is 0.636. The fourth-order valence-corrected chi connectivity index (χ4v) is 1.38. The number of carbonyl (C=O) groups excluding carboxylic acids is 1. The zero-order valence-corrected chi connectivity index (χ0v) is 8.37. The van der Waals surface area contributed by atoms with E-state index in [0.29, 0.717) is 6.54 Å². The lowest BCUT2D eigenvalue weighted by Crippen LogP contribution is -2.49. The highest BCUT2D eigenvalue weighted by Gasteiger charge is 2.19. The lowest BCUT2D eigenvalue weighted by molar-refractivity contribution is 0.107. The molecule has 4 nitrogen and oxygen atoms in total. The number of nitrogens with zero attached hydrogens (tertiary/aromatic N) is 2. The van der Waals surface area contributed by atoms with Crippen molar-refractivity contribution in [2.75, 3.05) is 20.6 Å². The first-order valence-corrected chi connectivity index (χ1v) is 4.27. The summed E-state index contributed by atoms with van der Waals surface area (Å²) in [6.45, 7) is 4.62. The van der Waals surface area contributed by atoms with Gasteiger partial charge in [0.25, 0.3) is 0 Å². The first kappa shape index (κ1) is 11.2. The summed E-state index contributed by atoms with van der Waals surface area (Å²) in [4.78, 5) is 14.6. The van der Waals surface area contributed by atoms with E-state index in [0.717, 1.165) is 6.42 Å². The molecule has 0 fully saturated rings. The highest BCUT2D eigenvalue weighted by atomic mass is 16.2. The Morgan fingerprint density at radius 1 is 1.42 bits per heavy atom. The van der Waals surface area contributed by atoms with Crippen molar-refractivity contribution in [3.8, 4) is 0 Å². The molecule has 0 saturated heterocycles. The zero-order chi connectivity index (χ0) is 9.72. The molecule has 1 unspecified atom stereocenters. The van der Waals surface area contributed by atoms with Gasteiger partial charge in [0.1, 0.15) is 0 Å². The predicted octanol–water partition coefficient (Wildman–Crippen LogP) is 0.685. The second-order valence-corrected chi connectivity index (χ2v) is 2.98. The molecule has 12 heavy (non-hydrogen) atoms. The molecular formula is C8H19N3O. The molecule has 0 aliphatic rings. The molecule has 0 spiro atoms. The molecule has 0 aliphatic heterocycles. The SMILES string of the molecule is CCC(N(C)C)N(CC)C(N)=O. The van der Waals surface area contributed by atoms with Crippen molar-refractivity contribution in [1.29, 1.82) is 0 Å². The first-order valence-electron chi connectivity index (χ1n) is 4.27. The number of carbonyl (C=O) groups is 1. The van der Waals surface area contributed by atoms with Crippen molar-refractivity contribution in [3.05, 3.63) is 0 Å². The van der Waals surface area contributed by atoms with Crippen LogP contribution in [0.4, 0.5) is 4.79 Å². The van der Waals surface area contributed by atoms with E-state index >= 15 is 0 Å². The average Bonchev–Trinajstić information content (AvgIpc) is 1.98. The second kappa shape index (κ2) is 4.98. The summed E-state index contributed by atoms with van der Waals surface area (Å²) in [5.74, 6) is 0. The van der Waals surface area contributed by atoms with Gasteiger partial charge in [-0.3, -0.25) is 4.90 Å². The van der Waals surface area contributed by atoms with Crippen molar-refractivity contribution in [2.24, 2.45) is 5.73 Å². The largest absolute Gasteiger partial charge is 0.351 e. The Hall–Kier alpha value is -0.770. The summed E-state index contributed by atoms with van der Waals surface area (Å²) < 4.78 is 0. The second-order valence-electron chi connectivity index (χ2n) is 2.98. The number of urea groups is 1. The Morgan fingerprint density at radius 2 is 1.92 bits per heavy atom. The van der Waals surface area contributed by atoms with E-state index in [4.69, 9.17) is 5.73 Å². The van der Waals surface area contributed by atoms with Gasteiger partial charge in [0, 0.05) is 6.54 Å². The Labute approximate surface area is 74.3 Å². The molecule has 1 atom stereocenters. The maximum absolute atomic E-state index is 11.0. The zero-order valence-electron chi connectivity index (χ0n) is 8.37. The predicted molar refractivity (Wildman–Crippen MR) is 49.7 cm³/mol. The molecule has 0 aromatic carbocycles. The number of nitrogens with two attached hydrogens (primary N) is 1. The van der Waals surface area contributed by atoms with Gasteiger partial charge in [-0.1, -0.05) is 6.92 Å². The molecule has 4 heteroatoms. The molecule has 0 aromatic rings. The molecule has 0 bridgehead atoms. The molecule has 0 aromatic heterocycles. The van der Waals surface area contributed by atoms with Gasteiger partial charge >= 0.3 is 6.03 Å². The van der Waals surface area contributed by atoms with Crippen LogP contribution < -0.4 is 5.73 Å². The van der Waals surface area contributed by atoms with Gasteiger partial charge < -0.3 is 10.6 Å². The van der Waals surface area contributed by atoms with Crippen LogP contribution in [0.5, 0.6) is 0 Å². The smallest absolute Gasteiger partial charge is 0.316 e. The summed E-state index contributed by atoms with van der Waals surface area (Å²) in [6.07, 6.45) is 1.01. The third kappa shape index (κ3) is 2.70. The Kier molecular flexibility index (Phi) is 4.66. The standard InChI is InChI=1S/C8H19N3O/c1-5-7(10(3)4)11(6-2)8(9)12/h7H,5-6H2,1-4H3,(H2,9,12). The average molecular weight is 173 g/mol. The fourth-order valence-electron chi connectivity index (χ4n) is 1.38. The van der Waals surface area contributed by atoms with Crippen LogP contribution >= 0.6 is 0 Å². The van der Waals surface area contributed by atoms with Crippen LogP contribution in [-0.4, -0.2) is 42.6 Å². The van der Waals surface area contributed by atoms with Crippen LogP contribution in [0, 0.1) is 0 Å². The van der Waals surface area contributed by atoms with Crippen molar-refractivity contribution < 1.29 is 4.79 Å². The molecule has 2 amide bonds. The maximum Gasteiger partial charge on any atom is 0.316 e. The van der Waals surface area contributed by atoms with Crippen LogP contribution in [0.25, 0.3) is 0 Å². The molecule has 0 radical (unpaired) electrons. The van der Waals surface area contributed by atoms with E-state index in [1.807, 2.05) is 32.8 Å². The molecule has 0 aliphatic carbocycles. The Balaban J connectivity index is 4.33. The van der Waals surface area contributed by atoms with E-state index < -0.39 is 0 Å². The summed E-state index contributed by atoms with van der Waals surface area (Å²) in [5.41, 5.74) is 5.22. The minimum atomic E-state index is -0.349. The number of hydrogen-bond acceptors (Lipinski definition) is 2.